The molecule has 0 aromatic carbocycles. The van der Waals surface area contributed by atoms with E-state index in [2.05, 4.69) is 33.5 Å². The van der Waals surface area contributed by atoms with Crippen LogP contribution in [0.4, 0.5) is 0 Å². The minimum absolute atomic E-state index is 0.0766. The predicted octanol–water partition coefficient (Wildman–Crippen LogP) is 1.29. The molecule has 4 rings (SSSR count). The molecule has 6 N–H and O–H groups in total. The minimum Gasteiger partial charge on any atom is -0.391 e. The number of hydrogen-bond acceptors (Lipinski definition) is 10. The van der Waals surface area contributed by atoms with Gasteiger partial charge in [-0.1, -0.05) is 46.0 Å². The predicted molar refractivity (Wildman–Crippen MR) is 227 cm³/mol. The first-order valence-corrected chi connectivity index (χ1v) is 23.7. The van der Waals surface area contributed by atoms with Crippen molar-refractivity contribution in [3.05, 3.63) is 0 Å². The lowest BCUT2D eigenvalue weighted by Gasteiger charge is -2.38. The quantitative estimate of drug-likeness (QED) is 0.104. The zero-order valence-corrected chi connectivity index (χ0v) is 36.8. The number of hydrogen-bond donors (Lipinski definition) is 6. The van der Waals surface area contributed by atoms with E-state index < -0.39 is 65.8 Å². The fourth-order valence-corrected chi connectivity index (χ4v) is 9.43. The van der Waals surface area contributed by atoms with Crippen LogP contribution in [0.2, 0.25) is 0 Å². The van der Waals surface area contributed by atoms with E-state index in [0.717, 1.165) is 25.7 Å². The zero-order valence-electron chi connectivity index (χ0n) is 35.9. The van der Waals surface area contributed by atoms with Gasteiger partial charge in [-0.3, -0.25) is 33.6 Å². The molecule has 0 bridgehead atoms. The fourth-order valence-electron chi connectivity index (χ4n) is 8.96. The highest BCUT2D eigenvalue weighted by atomic mass is 32.2. The van der Waals surface area contributed by atoms with Gasteiger partial charge in [-0.25, -0.2) is 0 Å². The molecule has 7 amide bonds. The maximum absolute atomic E-state index is 14.5. The number of rotatable bonds is 20. The molecule has 4 aliphatic rings. The van der Waals surface area contributed by atoms with Crippen LogP contribution in [0.25, 0.3) is 0 Å². The minimum atomic E-state index is -1.19. The van der Waals surface area contributed by atoms with Crippen molar-refractivity contribution in [1.29, 1.82) is 0 Å². The molecule has 16 nitrogen and oxygen atoms in total. The Morgan fingerprint density at radius 1 is 0.746 bits per heavy atom. The highest BCUT2D eigenvalue weighted by Crippen LogP contribution is 2.31. The number of nitrogens with one attached hydrogen (secondary N) is 5. The number of aliphatic hydroxyl groups excluding tert-OH is 1. The summed E-state index contributed by atoms with van der Waals surface area (Å²) in [4.78, 5) is 101. The monoisotopic (exact) mass is 849 g/mol. The Bertz CT molecular complexity index is 1420. The molecule has 7 atom stereocenters. The molecular formula is C42H72N8O8S. The van der Waals surface area contributed by atoms with Gasteiger partial charge in [0.15, 0.2) is 0 Å². The van der Waals surface area contributed by atoms with Crippen LogP contribution in [-0.4, -0.2) is 155 Å². The van der Waals surface area contributed by atoms with E-state index in [1.165, 1.54) is 34.9 Å². The van der Waals surface area contributed by atoms with Crippen LogP contribution in [-0.2, 0) is 33.6 Å². The SMILES string of the molecule is CCCNC(=O)[C@@H](NC(=O)[C@@H]1CCCN1C(=O)[C@H](CCSC)NC(=O)[C@@H]1CCCCN1C(=O)[C@H](CCC(=O)N1CCNCC1)NC(=O)C[C@H](C)C1CCCCC1)[C@@H](C)O. The third kappa shape index (κ3) is 14.3. The summed E-state index contributed by atoms with van der Waals surface area (Å²) in [6.07, 6.45) is 10.5. The second-order valence-electron chi connectivity index (χ2n) is 17.0. The van der Waals surface area contributed by atoms with Crippen LogP contribution >= 0.6 is 11.8 Å². The first-order chi connectivity index (χ1) is 28.4. The van der Waals surface area contributed by atoms with Gasteiger partial charge in [-0.15, -0.1) is 0 Å². The fraction of sp³-hybridized carbons (Fsp3) is 0.833. The van der Waals surface area contributed by atoms with Crippen LogP contribution in [0.15, 0.2) is 0 Å². The third-order valence-electron chi connectivity index (χ3n) is 12.5. The second kappa shape index (κ2) is 24.7. The van der Waals surface area contributed by atoms with Crippen molar-refractivity contribution >= 4 is 53.1 Å². The van der Waals surface area contributed by atoms with Crippen LogP contribution in [0, 0.1) is 11.8 Å². The topological polar surface area (TPSA) is 210 Å². The summed E-state index contributed by atoms with van der Waals surface area (Å²) in [5.74, 6) is -1.52. The first-order valence-electron chi connectivity index (χ1n) is 22.3. The van der Waals surface area contributed by atoms with Crippen LogP contribution in [0.5, 0.6) is 0 Å². The van der Waals surface area contributed by atoms with E-state index in [1.807, 2.05) is 13.2 Å². The number of nitrogens with zero attached hydrogens (tertiary/aromatic N) is 3. The number of aliphatic hydroxyl groups is 1. The number of amides is 7. The number of likely N-dealkylation sites (tertiary alicyclic amines) is 2. The molecule has 0 unspecified atom stereocenters. The average molecular weight is 849 g/mol. The lowest BCUT2D eigenvalue weighted by Crippen LogP contribution is -2.61. The van der Waals surface area contributed by atoms with Crippen molar-refractivity contribution in [1.82, 2.24) is 41.3 Å². The van der Waals surface area contributed by atoms with Gasteiger partial charge in [-0.2, -0.15) is 11.8 Å². The summed E-state index contributed by atoms with van der Waals surface area (Å²) in [6.45, 7) is 8.92. The van der Waals surface area contributed by atoms with Crippen LogP contribution in [0.3, 0.4) is 0 Å². The van der Waals surface area contributed by atoms with Gasteiger partial charge in [0.25, 0.3) is 0 Å². The normalized spacial score (nSPS) is 22.7. The molecule has 0 aromatic heterocycles. The summed E-state index contributed by atoms with van der Waals surface area (Å²) in [5, 5.41) is 24.8. The number of piperazine rings is 1. The van der Waals surface area contributed by atoms with Crippen molar-refractivity contribution in [2.24, 2.45) is 11.8 Å². The number of carbonyl (C=O) groups is 7. The van der Waals surface area contributed by atoms with E-state index in [0.29, 0.717) is 95.9 Å². The Hall–Kier alpha value is -3.44. The molecule has 1 saturated carbocycles. The lowest BCUT2D eigenvalue weighted by molar-refractivity contribution is -0.147. The molecule has 0 aromatic rings. The van der Waals surface area contributed by atoms with E-state index >= 15 is 0 Å². The molecular weight excluding hydrogens is 777 g/mol. The van der Waals surface area contributed by atoms with Crippen molar-refractivity contribution in [3.63, 3.8) is 0 Å². The van der Waals surface area contributed by atoms with Crippen molar-refractivity contribution < 1.29 is 38.7 Å². The van der Waals surface area contributed by atoms with Crippen molar-refractivity contribution in [2.45, 2.75) is 153 Å². The third-order valence-corrected chi connectivity index (χ3v) is 13.1. The summed E-state index contributed by atoms with van der Waals surface area (Å²) in [6, 6.07) is -4.94. The van der Waals surface area contributed by atoms with Gasteiger partial charge in [0.05, 0.1) is 6.10 Å². The molecule has 1 aliphatic carbocycles. The van der Waals surface area contributed by atoms with Crippen molar-refractivity contribution in [3.8, 4) is 0 Å². The number of piperidine rings is 1. The van der Waals surface area contributed by atoms with Crippen LogP contribution < -0.4 is 26.6 Å². The molecule has 3 saturated heterocycles. The first kappa shape index (κ1) is 48.2. The molecule has 17 heteroatoms. The Kier molecular flexibility index (Phi) is 20.2. The molecule has 4 fully saturated rings. The largest absolute Gasteiger partial charge is 0.391 e. The molecule has 59 heavy (non-hydrogen) atoms. The summed E-state index contributed by atoms with van der Waals surface area (Å²) < 4.78 is 0. The standard InChI is InChI=1S/C42H72N8O8S/c1-5-19-44-40(56)37(29(3)51)47-39(55)34-15-11-23-50(34)42(58)32(18-26-59-4)46-38(54)33-14-9-10-22-49(33)41(57)31(16-17-36(53)48-24-20-43-21-25-48)45-35(52)27-28(2)30-12-7-6-8-13-30/h28-34,37,43,51H,5-27H2,1-4H3,(H,44,56)(H,45,52)(H,46,54)(H,47,55)/t28-,29+,31-,32-,33-,34-,37-/m0/s1. The Labute approximate surface area is 355 Å². The van der Waals surface area contributed by atoms with E-state index in [-0.39, 0.29) is 43.5 Å². The van der Waals surface area contributed by atoms with Gasteiger partial charge in [-0.05, 0) is 82.1 Å². The zero-order chi connectivity index (χ0) is 42.9. The molecule has 0 spiro atoms. The Morgan fingerprint density at radius 2 is 1.34 bits per heavy atom. The Morgan fingerprint density at radius 3 is 1.97 bits per heavy atom. The molecule has 3 heterocycles. The van der Waals surface area contributed by atoms with Gasteiger partial charge in [0.2, 0.25) is 41.4 Å². The number of thioether (sulfide) groups is 1. The Balaban J connectivity index is 1.48. The summed E-state index contributed by atoms with van der Waals surface area (Å²) >= 11 is 1.51. The molecule has 334 valence electrons. The van der Waals surface area contributed by atoms with Crippen molar-refractivity contribution in [2.75, 3.05) is 57.8 Å². The van der Waals surface area contributed by atoms with Crippen LogP contribution in [0.1, 0.15) is 117 Å². The highest BCUT2D eigenvalue weighted by Gasteiger charge is 2.42. The number of carbonyl (C=O) groups excluding carboxylic acids is 7. The summed E-state index contributed by atoms with van der Waals surface area (Å²) in [5.41, 5.74) is 0. The summed E-state index contributed by atoms with van der Waals surface area (Å²) in [7, 11) is 0. The smallest absolute Gasteiger partial charge is 0.245 e. The highest BCUT2D eigenvalue weighted by molar-refractivity contribution is 7.98. The van der Waals surface area contributed by atoms with Gasteiger partial charge < -0.3 is 46.4 Å². The lowest BCUT2D eigenvalue weighted by atomic mass is 9.79. The van der Waals surface area contributed by atoms with Gasteiger partial charge >= 0.3 is 0 Å². The van der Waals surface area contributed by atoms with E-state index in [9.17, 15) is 38.7 Å². The molecule has 3 aliphatic heterocycles. The van der Waals surface area contributed by atoms with Gasteiger partial charge in [0, 0.05) is 58.7 Å². The van der Waals surface area contributed by atoms with E-state index in [4.69, 9.17) is 0 Å². The second-order valence-corrected chi connectivity index (χ2v) is 17.9. The maximum atomic E-state index is 14.5. The van der Waals surface area contributed by atoms with E-state index in [1.54, 1.807) is 4.90 Å². The average Bonchev–Trinajstić information content (AvgIpc) is 3.75. The molecule has 0 radical (unpaired) electrons. The maximum Gasteiger partial charge on any atom is 0.245 e. The van der Waals surface area contributed by atoms with Gasteiger partial charge in [0.1, 0.15) is 30.2 Å².